The molecule has 0 spiro atoms. The molecular weight excluding hydrogens is 462 g/mol. The number of rotatable bonds is 12. The van der Waals surface area contributed by atoms with E-state index in [1.807, 2.05) is 71.0 Å². The molecule has 2 amide bonds. The Bertz CT molecular complexity index is 1110. The van der Waals surface area contributed by atoms with E-state index in [0.29, 0.717) is 31.6 Å². The fourth-order valence-corrected chi connectivity index (χ4v) is 4.94. The van der Waals surface area contributed by atoms with Gasteiger partial charge in [0.05, 0.1) is 11.9 Å². The Hall–Kier alpha value is -2.87. The Morgan fingerprint density at radius 1 is 0.971 bits per heavy atom. The average Bonchev–Trinajstić information content (AvgIpc) is 2.79. The number of anilines is 1. The molecule has 0 aromatic heterocycles. The minimum absolute atomic E-state index is 0.138. The lowest BCUT2D eigenvalue weighted by Gasteiger charge is -2.31. The van der Waals surface area contributed by atoms with Crippen molar-refractivity contribution in [2.45, 2.75) is 66.5 Å². The van der Waals surface area contributed by atoms with Crippen molar-refractivity contribution in [1.82, 2.24) is 10.2 Å². The first-order valence-corrected chi connectivity index (χ1v) is 14.0. The van der Waals surface area contributed by atoms with E-state index in [1.54, 1.807) is 11.0 Å². The second-order valence-electron chi connectivity index (χ2n) is 9.03. The molecule has 0 fully saturated rings. The third-order valence-electron chi connectivity index (χ3n) is 6.14. The van der Waals surface area contributed by atoms with Crippen molar-refractivity contribution in [2.24, 2.45) is 0 Å². The molecule has 8 heteroatoms. The third-order valence-corrected chi connectivity index (χ3v) is 7.34. The number of nitrogens with one attached hydrogen (secondary N) is 1. The summed E-state index contributed by atoms with van der Waals surface area (Å²) < 4.78 is 26.3. The topological polar surface area (TPSA) is 86.8 Å². The molecule has 2 aromatic rings. The van der Waals surface area contributed by atoms with Crippen LogP contribution >= 0.6 is 0 Å². The largest absolute Gasteiger partial charge is 0.355 e. The highest BCUT2D eigenvalue weighted by Crippen LogP contribution is 2.22. The summed E-state index contributed by atoms with van der Waals surface area (Å²) in [6.07, 6.45) is 2.14. The van der Waals surface area contributed by atoms with Crippen LogP contribution in [-0.4, -0.2) is 50.5 Å². The highest BCUT2D eigenvalue weighted by molar-refractivity contribution is 7.92. The maximum atomic E-state index is 13.4. The second-order valence-corrected chi connectivity index (χ2v) is 10.9. The van der Waals surface area contributed by atoms with Crippen LogP contribution in [0.1, 0.15) is 55.4 Å². The first-order valence-electron chi connectivity index (χ1n) is 12.2. The summed E-state index contributed by atoms with van der Waals surface area (Å²) in [5.74, 6) is -0.347. The molecule has 192 valence electrons. The molecule has 2 rings (SSSR count). The van der Waals surface area contributed by atoms with Crippen molar-refractivity contribution in [3.8, 4) is 0 Å². The summed E-state index contributed by atoms with van der Waals surface area (Å²) in [4.78, 5) is 27.7. The molecule has 0 aliphatic heterocycles. The number of carbonyl (C=O) groups is 2. The number of likely N-dealkylation sites (N-methyl/N-ethyl adjacent to an activating group) is 1. The lowest BCUT2D eigenvalue weighted by molar-refractivity contribution is -0.141. The number of benzene rings is 2. The zero-order valence-corrected chi connectivity index (χ0v) is 22.6. The van der Waals surface area contributed by atoms with Crippen LogP contribution in [0.3, 0.4) is 0 Å². The van der Waals surface area contributed by atoms with Crippen LogP contribution in [0.5, 0.6) is 0 Å². The zero-order valence-electron chi connectivity index (χ0n) is 21.8. The summed E-state index contributed by atoms with van der Waals surface area (Å²) in [6.45, 7) is 10.7. The lowest BCUT2D eigenvalue weighted by atomic mass is 10.1. The van der Waals surface area contributed by atoms with E-state index in [-0.39, 0.29) is 24.8 Å². The van der Waals surface area contributed by atoms with Gasteiger partial charge in [0.15, 0.2) is 0 Å². The summed E-state index contributed by atoms with van der Waals surface area (Å²) >= 11 is 0. The monoisotopic (exact) mass is 501 g/mol. The average molecular weight is 502 g/mol. The van der Waals surface area contributed by atoms with Gasteiger partial charge in [0.25, 0.3) is 0 Å². The van der Waals surface area contributed by atoms with Crippen LogP contribution in [0.25, 0.3) is 0 Å². The van der Waals surface area contributed by atoms with Gasteiger partial charge in [-0.15, -0.1) is 0 Å². The zero-order chi connectivity index (χ0) is 26.2. The standard InChI is InChI=1S/C27H39N3O4S/c1-7-25(27(32)28-8-2)29(19-23-14-11-20(3)12-15-23)26(31)10-9-17-30(35(6,33)34)24-16-13-21(4)22(5)18-24/h11-16,18,25H,7-10,17,19H2,1-6H3,(H,28,32)/t25-/m1/s1. The summed E-state index contributed by atoms with van der Waals surface area (Å²) in [5.41, 5.74) is 4.74. The van der Waals surface area contributed by atoms with E-state index >= 15 is 0 Å². The first kappa shape index (κ1) is 28.4. The van der Waals surface area contributed by atoms with E-state index in [2.05, 4.69) is 5.32 Å². The molecule has 0 aliphatic carbocycles. The van der Waals surface area contributed by atoms with Crippen molar-refractivity contribution >= 4 is 27.5 Å². The van der Waals surface area contributed by atoms with Gasteiger partial charge < -0.3 is 10.2 Å². The minimum atomic E-state index is -3.52. The number of aryl methyl sites for hydroxylation is 3. The van der Waals surface area contributed by atoms with Gasteiger partial charge in [-0.3, -0.25) is 13.9 Å². The maximum Gasteiger partial charge on any atom is 0.242 e. The molecule has 35 heavy (non-hydrogen) atoms. The van der Waals surface area contributed by atoms with Crippen molar-refractivity contribution in [3.63, 3.8) is 0 Å². The van der Waals surface area contributed by atoms with Crippen LogP contribution in [0.15, 0.2) is 42.5 Å². The Morgan fingerprint density at radius 2 is 1.63 bits per heavy atom. The van der Waals surface area contributed by atoms with Crippen LogP contribution in [0, 0.1) is 20.8 Å². The van der Waals surface area contributed by atoms with E-state index in [4.69, 9.17) is 0 Å². The predicted octanol–water partition coefficient (Wildman–Crippen LogP) is 4.10. The highest BCUT2D eigenvalue weighted by atomic mass is 32.2. The Labute approximate surface area is 210 Å². The molecule has 0 saturated heterocycles. The molecule has 0 unspecified atom stereocenters. The van der Waals surface area contributed by atoms with Gasteiger partial charge in [-0.05, 0) is 69.4 Å². The van der Waals surface area contributed by atoms with E-state index in [9.17, 15) is 18.0 Å². The Kier molecular flexibility index (Phi) is 10.3. The van der Waals surface area contributed by atoms with Crippen LogP contribution < -0.4 is 9.62 Å². The molecule has 0 radical (unpaired) electrons. The van der Waals surface area contributed by atoms with E-state index in [1.165, 1.54) is 10.6 Å². The van der Waals surface area contributed by atoms with Gasteiger partial charge in [-0.25, -0.2) is 8.42 Å². The normalized spacial score (nSPS) is 12.2. The molecule has 2 aromatic carbocycles. The SMILES string of the molecule is CCNC(=O)[C@@H](CC)N(Cc1ccc(C)cc1)C(=O)CCCN(c1ccc(C)c(C)c1)S(C)(=O)=O. The van der Waals surface area contributed by atoms with Crippen molar-refractivity contribution in [1.29, 1.82) is 0 Å². The summed E-state index contributed by atoms with van der Waals surface area (Å²) in [7, 11) is -3.52. The molecular formula is C27H39N3O4S. The van der Waals surface area contributed by atoms with E-state index in [0.717, 1.165) is 22.3 Å². The molecule has 0 saturated carbocycles. The maximum absolute atomic E-state index is 13.4. The van der Waals surface area contributed by atoms with E-state index < -0.39 is 16.1 Å². The summed E-state index contributed by atoms with van der Waals surface area (Å²) in [5, 5.41) is 2.83. The molecule has 0 bridgehead atoms. The number of amides is 2. The van der Waals surface area contributed by atoms with Gasteiger partial charge in [0.1, 0.15) is 6.04 Å². The molecule has 7 nitrogen and oxygen atoms in total. The van der Waals surface area contributed by atoms with Crippen molar-refractivity contribution in [3.05, 3.63) is 64.7 Å². The Balaban J connectivity index is 2.21. The fourth-order valence-electron chi connectivity index (χ4n) is 3.99. The van der Waals surface area contributed by atoms with Gasteiger partial charge in [0, 0.05) is 26.1 Å². The minimum Gasteiger partial charge on any atom is -0.355 e. The number of nitrogens with zero attached hydrogens (tertiary/aromatic N) is 2. The molecule has 1 atom stereocenters. The third kappa shape index (κ3) is 8.09. The predicted molar refractivity (Wildman–Crippen MR) is 142 cm³/mol. The summed E-state index contributed by atoms with van der Waals surface area (Å²) in [6, 6.07) is 12.8. The Morgan fingerprint density at radius 3 is 2.17 bits per heavy atom. The van der Waals surface area contributed by atoms with Gasteiger partial charge in [-0.1, -0.05) is 42.8 Å². The number of carbonyl (C=O) groups excluding carboxylic acids is 2. The van der Waals surface area contributed by atoms with Crippen LogP contribution in [-0.2, 0) is 26.2 Å². The quantitative estimate of drug-likeness (QED) is 0.474. The van der Waals surface area contributed by atoms with Crippen molar-refractivity contribution < 1.29 is 18.0 Å². The number of sulfonamides is 1. The number of hydrogen-bond acceptors (Lipinski definition) is 4. The number of hydrogen-bond donors (Lipinski definition) is 1. The fraction of sp³-hybridized carbons (Fsp3) is 0.481. The van der Waals surface area contributed by atoms with Crippen LogP contribution in [0.4, 0.5) is 5.69 Å². The van der Waals surface area contributed by atoms with Gasteiger partial charge in [-0.2, -0.15) is 0 Å². The van der Waals surface area contributed by atoms with Crippen LogP contribution in [0.2, 0.25) is 0 Å². The smallest absolute Gasteiger partial charge is 0.242 e. The first-order chi connectivity index (χ1) is 16.5. The highest BCUT2D eigenvalue weighted by Gasteiger charge is 2.28. The second kappa shape index (κ2) is 12.7. The molecule has 1 N–H and O–H groups in total. The molecule has 0 heterocycles. The van der Waals surface area contributed by atoms with Gasteiger partial charge >= 0.3 is 0 Å². The molecule has 0 aliphatic rings. The van der Waals surface area contributed by atoms with Gasteiger partial charge in [0.2, 0.25) is 21.8 Å². The lowest BCUT2D eigenvalue weighted by Crippen LogP contribution is -2.49. The van der Waals surface area contributed by atoms with Crippen molar-refractivity contribution in [2.75, 3.05) is 23.7 Å².